The summed E-state index contributed by atoms with van der Waals surface area (Å²) in [6.45, 7) is 1.73. The molecule has 0 spiro atoms. The van der Waals surface area contributed by atoms with E-state index in [1.807, 2.05) is 18.2 Å². The van der Waals surface area contributed by atoms with Gasteiger partial charge in [-0.3, -0.25) is 0 Å². The van der Waals surface area contributed by atoms with Crippen molar-refractivity contribution in [2.45, 2.75) is 6.92 Å². The maximum Gasteiger partial charge on any atom is 0.126 e. The molecule has 82 valence electrons. The van der Waals surface area contributed by atoms with Gasteiger partial charge < -0.3 is 11.5 Å². The summed E-state index contributed by atoms with van der Waals surface area (Å²) in [7, 11) is 0. The molecule has 2 aromatic carbocycles. The zero-order valence-corrected chi connectivity index (χ0v) is 9.00. The summed E-state index contributed by atoms with van der Waals surface area (Å²) in [5, 5.41) is 0. The molecule has 0 aliphatic rings. The average Bonchev–Trinajstić information content (AvgIpc) is 2.27. The van der Waals surface area contributed by atoms with Crippen LogP contribution in [-0.4, -0.2) is 0 Å². The van der Waals surface area contributed by atoms with E-state index in [0.29, 0.717) is 16.9 Å². The third-order valence-electron chi connectivity index (χ3n) is 2.70. The summed E-state index contributed by atoms with van der Waals surface area (Å²) in [6, 6.07) is 10.3. The highest BCUT2D eigenvalue weighted by molar-refractivity contribution is 5.85. The topological polar surface area (TPSA) is 52.0 Å². The SMILES string of the molecule is Cc1c(F)cccc1-c1cccc(N)c1N. The van der Waals surface area contributed by atoms with Gasteiger partial charge in [0.25, 0.3) is 0 Å². The molecule has 2 nitrogen and oxygen atoms in total. The molecule has 0 radical (unpaired) electrons. The lowest BCUT2D eigenvalue weighted by Crippen LogP contribution is -1.98. The fourth-order valence-corrected chi connectivity index (χ4v) is 1.72. The Morgan fingerprint density at radius 3 is 2.31 bits per heavy atom. The molecule has 0 unspecified atom stereocenters. The minimum Gasteiger partial charge on any atom is -0.397 e. The summed E-state index contributed by atoms with van der Waals surface area (Å²) in [5.74, 6) is -0.237. The van der Waals surface area contributed by atoms with Gasteiger partial charge in [0.1, 0.15) is 5.82 Å². The fraction of sp³-hybridized carbons (Fsp3) is 0.0769. The van der Waals surface area contributed by atoms with Crippen LogP contribution >= 0.6 is 0 Å². The molecule has 0 amide bonds. The highest BCUT2D eigenvalue weighted by Gasteiger charge is 2.09. The first-order valence-electron chi connectivity index (χ1n) is 5.00. The van der Waals surface area contributed by atoms with E-state index in [4.69, 9.17) is 11.5 Å². The van der Waals surface area contributed by atoms with E-state index in [2.05, 4.69) is 0 Å². The molecule has 2 aromatic rings. The first-order chi connectivity index (χ1) is 7.61. The van der Waals surface area contributed by atoms with Crippen molar-refractivity contribution in [2.24, 2.45) is 0 Å². The number of halogens is 1. The van der Waals surface area contributed by atoms with Crippen LogP contribution < -0.4 is 11.5 Å². The Bertz CT molecular complexity index is 486. The number of anilines is 2. The molecular weight excluding hydrogens is 203 g/mol. The number of hydrogen-bond donors (Lipinski definition) is 2. The van der Waals surface area contributed by atoms with Gasteiger partial charge in [0, 0.05) is 5.56 Å². The first-order valence-corrected chi connectivity index (χ1v) is 5.00. The molecule has 0 aliphatic heterocycles. The van der Waals surface area contributed by atoms with Gasteiger partial charge in [-0.1, -0.05) is 24.3 Å². The van der Waals surface area contributed by atoms with Crippen molar-refractivity contribution in [3.05, 3.63) is 47.8 Å². The molecule has 3 heteroatoms. The van der Waals surface area contributed by atoms with Gasteiger partial charge in [-0.05, 0) is 30.2 Å². The molecule has 0 atom stereocenters. The van der Waals surface area contributed by atoms with Crippen LogP contribution in [0.5, 0.6) is 0 Å². The number of hydrogen-bond acceptors (Lipinski definition) is 2. The predicted molar refractivity (Wildman–Crippen MR) is 65.4 cm³/mol. The third kappa shape index (κ3) is 1.60. The Morgan fingerprint density at radius 1 is 0.938 bits per heavy atom. The lowest BCUT2D eigenvalue weighted by molar-refractivity contribution is 0.619. The Morgan fingerprint density at radius 2 is 1.56 bits per heavy atom. The van der Waals surface area contributed by atoms with Crippen LogP contribution in [0.2, 0.25) is 0 Å². The Labute approximate surface area is 93.7 Å². The number of rotatable bonds is 1. The van der Waals surface area contributed by atoms with Crippen LogP contribution in [0.4, 0.5) is 15.8 Å². The van der Waals surface area contributed by atoms with Crippen LogP contribution in [0.3, 0.4) is 0 Å². The molecule has 4 N–H and O–H groups in total. The predicted octanol–water partition coefficient (Wildman–Crippen LogP) is 2.97. The molecule has 16 heavy (non-hydrogen) atoms. The second kappa shape index (κ2) is 3.85. The number of para-hydroxylation sites is 1. The van der Waals surface area contributed by atoms with E-state index in [0.717, 1.165) is 11.1 Å². The second-order valence-corrected chi connectivity index (χ2v) is 3.72. The van der Waals surface area contributed by atoms with E-state index in [1.165, 1.54) is 6.07 Å². The van der Waals surface area contributed by atoms with E-state index >= 15 is 0 Å². The maximum absolute atomic E-state index is 13.4. The highest BCUT2D eigenvalue weighted by atomic mass is 19.1. The Balaban J connectivity index is 2.68. The molecular formula is C13H13FN2. The van der Waals surface area contributed by atoms with Crippen LogP contribution in [0.25, 0.3) is 11.1 Å². The quantitative estimate of drug-likeness (QED) is 0.720. The summed E-state index contributed by atoms with van der Waals surface area (Å²) >= 11 is 0. The van der Waals surface area contributed by atoms with Crippen LogP contribution in [0.15, 0.2) is 36.4 Å². The normalized spacial score (nSPS) is 10.4. The summed E-state index contributed by atoms with van der Waals surface area (Å²) in [4.78, 5) is 0. The minimum absolute atomic E-state index is 0.237. The fourth-order valence-electron chi connectivity index (χ4n) is 1.72. The Kier molecular flexibility index (Phi) is 2.52. The largest absolute Gasteiger partial charge is 0.397 e. The first kappa shape index (κ1) is 10.5. The van der Waals surface area contributed by atoms with E-state index in [9.17, 15) is 4.39 Å². The summed E-state index contributed by atoms with van der Waals surface area (Å²) < 4.78 is 13.4. The van der Waals surface area contributed by atoms with Crippen molar-refractivity contribution in [3.8, 4) is 11.1 Å². The highest BCUT2D eigenvalue weighted by Crippen LogP contribution is 2.32. The van der Waals surface area contributed by atoms with Crippen molar-refractivity contribution < 1.29 is 4.39 Å². The smallest absolute Gasteiger partial charge is 0.126 e. The maximum atomic E-state index is 13.4. The number of benzene rings is 2. The monoisotopic (exact) mass is 216 g/mol. The average molecular weight is 216 g/mol. The Hall–Kier alpha value is -2.03. The van der Waals surface area contributed by atoms with Crippen LogP contribution in [0.1, 0.15) is 5.56 Å². The van der Waals surface area contributed by atoms with E-state index in [1.54, 1.807) is 19.1 Å². The standard InChI is InChI=1S/C13H13FN2/c1-8-9(4-2-6-11(8)14)10-5-3-7-12(15)13(10)16/h2-7H,15-16H2,1H3. The van der Waals surface area contributed by atoms with Crippen molar-refractivity contribution >= 4 is 11.4 Å². The van der Waals surface area contributed by atoms with Gasteiger partial charge in [-0.15, -0.1) is 0 Å². The molecule has 2 rings (SSSR count). The molecule has 0 aromatic heterocycles. The molecule has 0 saturated carbocycles. The van der Waals surface area contributed by atoms with Crippen LogP contribution in [-0.2, 0) is 0 Å². The molecule has 0 fully saturated rings. The lowest BCUT2D eigenvalue weighted by atomic mass is 9.98. The molecule has 0 bridgehead atoms. The zero-order valence-electron chi connectivity index (χ0n) is 9.00. The van der Waals surface area contributed by atoms with Crippen LogP contribution in [0, 0.1) is 12.7 Å². The van der Waals surface area contributed by atoms with E-state index in [-0.39, 0.29) is 5.82 Å². The van der Waals surface area contributed by atoms with E-state index < -0.39 is 0 Å². The molecule has 0 heterocycles. The third-order valence-corrected chi connectivity index (χ3v) is 2.70. The lowest BCUT2D eigenvalue weighted by Gasteiger charge is -2.11. The van der Waals surface area contributed by atoms with Gasteiger partial charge in [-0.2, -0.15) is 0 Å². The summed E-state index contributed by atoms with van der Waals surface area (Å²) in [5.41, 5.74) is 14.8. The van der Waals surface area contributed by atoms with Crippen molar-refractivity contribution in [2.75, 3.05) is 11.5 Å². The number of nitrogen functional groups attached to an aromatic ring is 2. The molecule has 0 aliphatic carbocycles. The number of nitrogens with two attached hydrogens (primary N) is 2. The van der Waals surface area contributed by atoms with Gasteiger partial charge >= 0.3 is 0 Å². The minimum atomic E-state index is -0.237. The van der Waals surface area contributed by atoms with Gasteiger partial charge in [-0.25, -0.2) is 4.39 Å². The van der Waals surface area contributed by atoms with Gasteiger partial charge in [0.05, 0.1) is 11.4 Å². The van der Waals surface area contributed by atoms with Crippen molar-refractivity contribution in [1.29, 1.82) is 0 Å². The van der Waals surface area contributed by atoms with Crippen molar-refractivity contribution in [3.63, 3.8) is 0 Å². The van der Waals surface area contributed by atoms with Gasteiger partial charge in [0.15, 0.2) is 0 Å². The van der Waals surface area contributed by atoms with Crippen molar-refractivity contribution in [1.82, 2.24) is 0 Å². The summed E-state index contributed by atoms with van der Waals surface area (Å²) in [6.07, 6.45) is 0. The molecule has 0 saturated heterocycles. The zero-order chi connectivity index (χ0) is 11.7. The van der Waals surface area contributed by atoms with Gasteiger partial charge in [0.2, 0.25) is 0 Å². The second-order valence-electron chi connectivity index (χ2n) is 3.72.